The number of nitrogens with one attached hydrogen (secondary N) is 1. The molecule has 1 saturated carbocycles. The Kier molecular flexibility index (Phi) is 5.99. The van der Waals surface area contributed by atoms with Crippen LogP contribution in [0.25, 0.3) is 0 Å². The Labute approximate surface area is 163 Å². The summed E-state index contributed by atoms with van der Waals surface area (Å²) < 4.78 is 26.7. The molecule has 3 aliphatic rings. The van der Waals surface area contributed by atoms with Crippen molar-refractivity contribution in [3.63, 3.8) is 0 Å². The summed E-state index contributed by atoms with van der Waals surface area (Å²) in [6.45, 7) is 4.82. The maximum atomic E-state index is 12.6. The molecule has 0 amide bonds. The van der Waals surface area contributed by atoms with Crippen LogP contribution in [0.15, 0.2) is 23.2 Å². The molecule has 1 N–H and O–H groups in total. The molecular weight excluding hydrogens is 360 g/mol. The number of anilines is 1. The Morgan fingerprint density at radius 3 is 2.30 bits per heavy atom. The van der Waals surface area contributed by atoms with Gasteiger partial charge in [0.15, 0.2) is 0 Å². The molecule has 1 aromatic rings. The van der Waals surface area contributed by atoms with Gasteiger partial charge in [0.25, 0.3) is 0 Å². The van der Waals surface area contributed by atoms with Crippen molar-refractivity contribution in [2.45, 2.75) is 62.3 Å². The number of likely N-dealkylation sites (tertiary alicyclic amines) is 1. The van der Waals surface area contributed by atoms with Gasteiger partial charge in [0.2, 0.25) is 10.0 Å². The summed E-state index contributed by atoms with van der Waals surface area (Å²) >= 11 is 0. The van der Waals surface area contributed by atoms with Crippen LogP contribution in [-0.2, 0) is 10.0 Å². The van der Waals surface area contributed by atoms with Gasteiger partial charge in [0.05, 0.1) is 0 Å². The highest BCUT2D eigenvalue weighted by Crippen LogP contribution is 2.27. The lowest BCUT2D eigenvalue weighted by Crippen LogP contribution is -2.41. The fourth-order valence-corrected chi connectivity index (χ4v) is 6.19. The van der Waals surface area contributed by atoms with Crippen LogP contribution in [0.4, 0.5) is 5.82 Å². The highest BCUT2D eigenvalue weighted by Gasteiger charge is 2.28. The molecule has 27 heavy (non-hydrogen) atoms. The van der Waals surface area contributed by atoms with Crippen LogP contribution in [0.1, 0.15) is 51.4 Å². The summed E-state index contributed by atoms with van der Waals surface area (Å²) in [4.78, 5) is 7.31. The molecule has 1 aromatic heterocycles. The van der Waals surface area contributed by atoms with Gasteiger partial charge in [0, 0.05) is 45.0 Å². The molecule has 2 aliphatic heterocycles. The minimum Gasteiger partial charge on any atom is -0.367 e. The molecule has 150 valence electrons. The van der Waals surface area contributed by atoms with E-state index < -0.39 is 10.0 Å². The Balaban J connectivity index is 1.27. The molecule has 0 unspecified atom stereocenters. The topological polar surface area (TPSA) is 65.5 Å². The largest absolute Gasteiger partial charge is 0.367 e. The van der Waals surface area contributed by atoms with Gasteiger partial charge in [-0.1, -0.05) is 12.8 Å². The molecule has 0 bridgehead atoms. The lowest BCUT2D eigenvalue weighted by Gasteiger charge is -2.34. The predicted molar refractivity (Wildman–Crippen MR) is 107 cm³/mol. The SMILES string of the molecule is O=S(=O)(c1ccc(NC2CCN(CC3CCCC3)CC2)nc1)N1CCCC1. The first kappa shape index (κ1) is 19.2. The number of pyridine rings is 1. The van der Waals surface area contributed by atoms with E-state index in [0.29, 0.717) is 24.0 Å². The standard InChI is InChI=1S/C20H32N4O2S/c25-27(26,24-11-3-4-12-24)19-7-8-20(21-15-19)22-18-9-13-23(14-10-18)16-17-5-1-2-6-17/h7-8,15,17-18H,1-6,9-14,16H2,(H,21,22). The molecule has 7 heteroatoms. The number of hydrogen-bond donors (Lipinski definition) is 1. The normalized spacial score (nSPS) is 23.9. The van der Waals surface area contributed by atoms with Crippen LogP contribution in [0.3, 0.4) is 0 Å². The minimum absolute atomic E-state index is 0.307. The summed E-state index contributed by atoms with van der Waals surface area (Å²) in [5.74, 6) is 1.70. The number of hydrogen-bond acceptors (Lipinski definition) is 5. The molecule has 1 aliphatic carbocycles. The second kappa shape index (κ2) is 8.45. The molecule has 3 heterocycles. The highest BCUT2D eigenvalue weighted by atomic mass is 32.2. The van der Waals surface area contributed by atoms with Crippen molar-refractivity contribution in [1.29, 1.82) is 0 Å². The second-order valence-corrected chi connectivity index (χ2v) is 10.3. The van der Waals surface area contributed by atoms with Gasteiger partial charge in [-0.05, 0) is 56.6 Å². The van der Waals surface area contributed by atoms with Crippen LogP contribution in [0.5, 0.6) is 0 Å². The summed E-state index contributed by atoms with van der Waals surface area (Å²) in [7, 11) is -3.37. The van der Waals surface area contributed by atoms with E-state index in [4.69, 9.17) is 0 Å². The molecule has 0 spiro atoms. The highest BCUT2D eigenvalue weighted by molar-refractivity contribution is 7.89. The second-order valence-electron chi connectivity index (χ2n) is 8.36. The lowest BCUT2D eigenvalue weighted by atomic mass is 10.0. The van der Waals surface area contributed by atoms with Gasteiger partial charge in [-0.3, -0.25) is 0 Å². The molecule has 2 saturated heterocycles. The molecule has 3 fully saturated rings. The third-order valence-electron chi connectivity index (χ3n) is 6.37. The molecular formula is C20H32N4O2S. The number of sulfonamides is 1. The Bertz CT molecular complexity index is 702. The summed E-state index contributed by atoms with van der Waals surface area (Å²) in [6, 6.07) is 3.94. The smallest absolute Gasteiger partial charge is 0.244 e. The maximum Gasteiger partial charge on any atom is 0.244 e. The van der Waals surface area contributed by atoms with Crippen LogP contribution < -0.4 is 5.32 Å². The third-order valence-corrected chi connectivity index (χ3v) is 8.25. The quantitative estimate of drug-likeness (QED) is 0.806. The number of nitrogens with zero attached hydrogens (tertiary/aromatic N) is 3. The number of aromatic nitrogens is 1. The first-order valence-electron chi connectivity index (χ1n) is 10.6. The average Bonchev–Trinajstić information content (AvgIpc) is 3.38. The first-order chi connectivity index (χ1) is 13.1. The Hall–Kier alpha value is -1.18. The van der Waals surface area contributed by atoms with Crippen molar-refractivity contribution in [2.75, 3.05) is 38.0 Å². The van der Waals surface area contributed by atoms with Gasteiger partial charge in [-0.2, -0.15) is 4.31 Å². The number of piperidine rings is 1. The number of rotatable bonds is 6. The van der Waals surface area contributed by atoms with Crippen molar-refractivity contribution in [3.8, 4) is 0 Å². The lowest BCUT2D eigenvalue weighted by molar-refractivity contribution is 0.189. The van der Waals surface area contributed by atoms with Gasteiger partial charge >= 0.3 is 0 Å². The summed E-state index contributed by atoms with van der Waals surface area (Å²) in [5.41, 5.74) is 0. The van der Waals surface area contributed by atoms with E-state index in [1.165, 1.54) is 38.4 Å². The van der Waals surface area contributed by atoms with Crippen molar-refractivity contribution in [2.24, 2.45) is 5.92 Å². The van der Waals surface area contributed by atoms with Gasteiger partial charge in [0.1, 0.15) is 10.7 Å². The fraction of sp³-hybridized carbons (Fsp3) is 0.750. The zero-order chi connectivity index (χ0) is 18.7. The zero-order valence-electron chi connectivity index (χ0n) is 16.1. The molecule has 6 nitrogen and oxygen atoms in total. The Morgan fingerprint density at radius 2 is 1.67 bits per heavy atom. The van der Waals surface area contributed by atoms with Gasteiger partial charge in [-0.25, -0.2) is 13.4 Å². The summed E-state index contributed by atoms with van der Waals surface area (Å²) in [6.07, 6.45) is 11.3. The van der Waals surface area contributed by atoms with E-state index in [-0.39, 0.29) is 0 Å². The molecule has 4 rings (SSSR count). The van der Waals surface area contributed by atoms with Crippen LogP contribution in [0, 0.1) is 5.92 Å². The van der Waals surface area contributed by atoms with E-state index in [9.17, 15) is 8.42 Å². The van der Waals surface area contributed by atoms with Crippen molar-refractivity contribution in [1.82, 2.24) is 14.2 Å². The maximum absolute atomic E-state index is 12.6. The van der Waals surface area contributed by atoms with E-state index >= 15 is 0 Å². The van der Waals surface area contributed by atoms with Gasteiger partial charge < -0.3 is 10.2 Å². The summed E-state index contributed by atoms with van der Waals surface area (Å²) in [5, 5.41) is 3.50. The van der Waals surface area contributed by atoms with Crippen LogP contribution >= 0.6 is 0 Å². The molecule has 0 aromatic carbocycles. The zero-order valence-corrected chi connectivity index (χ0v) is 17.0. The average molecular weight is 393 g/mol. The fourth-order valence-electron chi connectivity index (χ4n) is 4.72. The third kappa shape index (κ3) is 4.63. The Morgan fingerprint density at radius 1 is 0.963 bits per heavy atom. The monoisotopic (exact) mass is 392 g/mol. The van der Waals surface area contributed by atoms with Crippen molar-refractivity contribution < 1.29 is 8.42 Å². The van der Waals surface area contributed by atoms with Crippen molar-refractivity contribution >= 4 is 15.8 Å². The van der Waals surface area contributed by atoms with E-state index in [2.05, 4.69) is 15.2 Å². The van der Waals surface area contributed by atoms with Crippen molar-refractivity contribution in [3.05, 3.63) is 18.3 Å². The van der Waals surface area contributed by atoms with Gasteiger partial charge in [-0.15, -0.1) is 0 Å². The molecule has 0 atom stereocenters. The van der Waals surface area contributed by atoms with E-state index in [1.807, 2.05) is 6.07 Å². The minimum atomic E-state index is -3.37. The van der Waals surface area contributed by atoms with Crippen LogP contribution in [-0.4, -0.2) is 61.4 Å². The first-order valence-corrected chi connectivity index (χ1v) is 12.0. The van der Waals surface area contributed by atoms with E-state index in [1.54, 1.807) is 10.4 Å². The molecule has 0 radical (unpaired) electrons. The van der Waals surface area contributed by atoms with E-state index in [0.717, 1.165) is 50.5 Å². The predicted octanol–water partition coefficient (Wildman–Crippen LogP) is 2.93. The van der Waals surface area contributed by atoms with Crippen LogP contribution in [0.2, 0.25) is 0 Å².